The van der Waals surface area contributed by atoms with E-state index in [2.05, 4.69) is 5.32 Å². The minimum atomic E-state index is -3.68. The molecule has 176 valence electrons. The molecular weight excluding hydrogens is 444 g/mol. The summed E-state index contributed by atoms with van der Waals surface area (Å²) in [6.45, 7) is 1.98. The Morgan fingerprint density at radius 3 is 2.52 bits per heavy atom. The van der Waals surface area contributed by atoms with Gasteiger partial charge in [0.2, 0.25) is 11.8 Å². The van der Waals surface area contributed by atoms with Crippen LogP contribution in [0.3, 0.4) is 0 Å². The molecule has 1 N–H and O–H groups in total. The van der Waals surface area contributed by atoms with Crippen LogP contribution in [0.25, 0.3) is 0 Å². The molecule has 0 unspecified atom stereocenters. The van der Waals surface area contributed by atoms with Gasteiger partial charge in [0.05, 0.1) is 30.6 Å². The number of nitrogens with one attached hydrogen (secondary N) is 1. The van der Waals surface area contributed by atoms with Crippen LogP contribution in [0.4, 0.5) is 11.4 Å². The minimum Gasteiger partial charge on any atom is -0.497 e. The molecule has 2 amide bonds. The first-order chi connectivity index (χ1) is 15.7. The molecule has 1 aliphatic carbocycles. The third-order valence-corrected chi connectivity index (χ3v) is 7.78. The van der Waals surface area contributed by atoms with Crippen LogP contribution in [0.15, 0.2) is 41.3 Å². The SMILES string of the molecule is COc1ccc(OC)c(NC(=O)CCS(=O)(=O)c2ccc3c(c2)C[C@@H](C)N3C(=O)C2CC2)c1. The lowest BCUT2D eigenvalue weighted by molar-refractivity contribution is -0.120. The van der Waals surface area contributed by atoms with E-state index in [0.717, 1.165) is 24.1 Å². The molecule has 9 heteroatoms. The standard InChI is InChI=1S/C24H28N2O6S/c1-15-12-17-13-19(7-8-21(17)26(15)24(28)16-4-5-16)33(29,30)11-10-23(27)25-20-14-18(31-2)6-9-22(20)32-3/h6-9,13-16H,4-5,10-12H2,1-3H3,(H,25,27)/t15-/m1/s1. The summed E-state index contributed by atoms with van der Waals surface area (Å²) in [4.78, 5) is 27.1. The number of carbonyl (C=O) groups is 2. The number of anilines is 2. The number of amides is 2. The number of hydrogen-bond acceptors (Lipinski definition) is 6. The van der Waals surface area contributed by atoms with Crippen LogP contribution in [-0.4, -0.2) is 46.2 Å². The van der Waals surface area contributed by atoms with E-state index in [1.807, 2.05) is 6.92 Å². The molecule has 0 saturated heterocycles. The predicted molar refractivity (Wildman–Crippen MR) is 125 cm³/mol. The van der Waals surface area contributed by atoms with E-state index >= 15 is 0 Å². The fourth-order valence-corrected chi connectivity index (χ4v) is 5.42. The lowest BCUT2D eigenvalue weighted by Gasteiger charge is -2.22. The van der Waals surface area contributed by atoms with Crippen LogP contribution in [0.2, 0.25) is 0 Å². The summed E-state index contributed by atoms with van der Waals surface area (Å²) in [7, 11) is -0.683. The minimum absolute atomic E-state index is 0.00896. The summed E-state index contributed by atoms with van der Waals surface area (Å²) >= 11 is 0. The average Bonchev–Trinajstić information content (AvgIpc) is 3.59. The summed E-state index contributed by atoms with van der Waals surface area (Å²) in [5.41, 5.74) is 2.05. The summed E-state index contributed by atoms with van der Waals surface area (Å²) in [6.07, 6.45) is 2.26. The van der Waals surface area contributed by atoms with Gasteiger partial charge in [0.25, 0.3) is 0 Å². The largest absolute Gasteiger partial charge is 0.497 e. The maximum atomic E-state index is 12.9. The highest BCUT2D eigenvalue weighted by atomic mass is 32.2. The van der Waals surface area contributed by atoms with Crippen molar-refractivity contribution in [2.45, 2.75) is 43.5 Å². The summed E-state index contributed by atoms with van der Waals surface area (Å²) in [5.74, 6) is 0.445. The van der Waals surface area contributed by atoms with Gasteiger partial charge in [0.15, 0.2) is 9.84 Å². The molecule has 0 spiro atoms. The molecule has 0 radical (unpaired) electrons. The molecule has 2 aromatic carbocycles. The van der Waals surface area contributed by atoms with E-state index in [1.165, 1.54) is 20.3 Å². The van der Waals surface area contributed by atoms with E-state index in [1.54, 1.807) is 35.2 Å². The molecular formula is C24H28N2O6S. The molecule has 2 aliphatic rings. The van der Waals surface area contributed by atoms with Crippen LogP contribution < -0.4 is 19.7 Å². The van der Waals surface area contributed by atoms with Crippen molar-refractivity contribution >= 4 is 33.0 Å². The number of rotatable bonds is 8. The number of fused-ring (bicyclic) bond motifs is 1. The van der Waals surface area contributed by atoms with Gasteiger partial charge in [-0.25, -0.2) is 8.42 Å². The first kappa shape index (κ1) is 23.1. The van der Waals surface area contributed by atoms with E-state index < -0.39 is 15.7 Å². The topological polar surface area (TPSA) is 102 Å². The van der Waals surface area contributed by atoms with Crippen molar-refractivity contribution in [2.24, 2.45) is 5.92 Å². The van der Waals surface area contributed by atoms with Crippen molar-refractivity contribution < 1.29 is 27.5 Å². The van der Waals surface area contributed by atoms with E-state index in [0.29, 0.717) is 23.6 Å². The van der Waals surface area contributed by atoms with Gasteiger partial charge in [-0.05, 0) is 62.1 Å². The fraction of sp³-hybridized carbons (Fsp3) is 0.417. The molecule has 33 heavy (non-hydrogen) atoms. The Morgan fingerprint density at radius 1 is 1.09 bits per heavy atom. The summed E-state index contributed by atoms with van der Waals surface area (Å²) in [6, 6.07) is 9.87. The number of nitrogens with zero attached hydrogens (tertiary/aromatic N) is 1. The Balaban J connectivity index is 1.44. The normalized spacial score (nSPS) is 17.4. The van der Waals surface area contributed by atoms with Crippen molar-refractivity contribution in [2.75, 3.05) is 30.2 Å². The summed E-state index contributed by atoms with van der Waals surface area (Å²) in [5, 5.41) is 2.69. The van der Waals surface area contributed by atoms with Crippen molar-refractivity contribution in [3.63, 3.8) is 0 Å². The van der Waals surface area contributed by atoms with Gasteiger partial charge < -0.3 is 19.7 Å². The Bertz CT molecular complexity index is 1190. The smallest absolute Gasteiger partial charge is 0.230 e. The molecule has 1 atom stereocenters. The number of ether oxygens (including phenoxy) is 2. The highest BCUT2D eigenvalue weighted by Crippen LogP contribution is 2.39. The third kappa shape index (κ3) is 4.83. The molecule has 1 aliphatic heterocycles. The molecule has 8 nitrogen and oxygen atoms in total. The number of hydrogen-bond donors (Lipinski definition) is 1. The average molecular weight is 473 g/mol. The lowest BCUT2D eigenvalue weighted by atomic mass is 10.1. The molecule has 1 fully saturated rings. The van der Waals surface area contributed by atoms with E-state index in [-0.39, 0.29) is 34.9 Å². The van der Waals surface area contributed by atoms with Crippen LogP contribution in [0.5, 0.6) is 11.5 Å². The maximum Gasteiger partial charge on any atom is 0.230 e. The highest BCUT2D eigenvalue weighted by Gasteiger charge is 2.39. The van der Waals surface area contributed by atoms with E-state index in [9.17, 15) is 18.0 Å². The Labute approximate surface area is 193 Å². The lowest BCUT2D eigenvalue weighted by Crippen LogP contribution is -2.36. The second kappa shape index (κ2) is 9.05. The Morgan fingerprint density at radius 2 is 1.85 bits per heavy atom. The van der Waals surface area contributed by atoms with Crippen molar-refractivity contribution in [1.82, 2.24) is 0 Å². The Hall–Kier alpha value is -3.07. The maximum absolute atomic E-state index is 12.9. The molecule has 0 aromatic heterocycles. The molecule has 1 saturated carbocycles. The number of carbonyl (C=O) groups excluding carboxylic acids is 2. The third-order valence-electron chi connectivity index (χ3n) is 6.07. The van der Waals surface area contributed by atoms with Gasteiger partial charge in [-0.1, -0.05) is 0 Å². The van der Waals surface area contributed by atoms with Crippen LogP contribution in [0, 0.1) is 5.92 Å². The zero-order valence-corrected chi connectivity index (χ0v) is 19.8. The van der Waals surface area contributed by atoms with Gasteiger partial charge in [-0.3, -0.25) is 9.59 Å². The molecule has 4 rings (SSSR count). The zero-order chi connectivity index (χ0) is 23.8. The first-order valence-corrected chi connectivity index (χ1v) is 12.6. The molecule has 2 aromatic rings. The first-order valence-electron chi connectivity index (χ1n) is 10.9. The van der Waals surface area contributed by atoms with Crippen molar-refractivity contribution in [3.05, 3.63) is 42.0 Å². The highest BCUT2D eigenvalue weighted by molar-refractivity contribution is 7.91. The number of methoxy groups -OCH3 is 2. The molecule has 0 bridgehead atoms. The monoisotopic (exact) mass is 472 g/mol. The van der Waals surface area contributed by atoms with Crippen LogP contribution >= 0.6 is 0 Å². The fourth-order valence-electron chi connectivity index (χ4n) is 4.13. The second-order valence-corrected chi connectivity index (χ2v) is 10.6. The van der Waals surface area contributed by atoms with Crippen LogP contribution in [-0.2, 0) is 25.8 Å². The quantitative estimate of drug-likeness (QED) is 0.633. The summed E-state index contributed by atoms with van der Waals surface area (Å²) < 4.78 is 36.2. The van der Waals surface area contributed by atoms with E-state index in [4.69, 9.17) is 9.47 Å². The molecule has 1 heterocycles. The van der Waals surface area contributed by atoms with Gasteiger partial charge in [-0.2, -0.15) is 0 Å². The number of sulfone groups is 1. The van der Waals surface area contributed by atoms with Gasteiger partial charge >= 0.3 is 0 Å². The zero-order valence-electron chi connectivity index (χ0n) is 19.0. The predicted octanol–water partition coefficient (Wildman–Crippen LogP) is 3.19. The Kier molecular flexibility index (Phi) is 6.34. The van der Waals surface area contributed by atoms with Gasteiger partial charge in [-0.15, -0.1) is 0 Å². The van der Waals surface area contributed by atoms with Gasteiger partial charge in [0, 0.05) is 30.1 Å². The van der Waals surface area contributed by atoms with Crippen molar-refractivity contribution in [3.8, 4) is 11.5 Å². The second-order valence-electron chi connectivity index (χ2n) is 8.51. The number of benzene rings is 2. The van der Waals surface area contributed by atoms with Crippen LogP contribution in [0.1, 0.15) is 31.7 Å². The van der Waals surface area contributed by atoms with Gasteiger partial charge in [0.1, 0.15) is 11.5 Å². The van der Waals surface area contributed by atoms with Crippen molar-refractivity contribution in [1.29, 1.82) is 0 Å².